The number of amides is 1. The Morgan fingerprint density at radius 1 is 1.04 bits per heavy atom. The van der Waals surface area contributed by atoms with Crippen molar-refractivity contribution in [2.24, 2.45) is 5.92 Å². The fourth-order valence-corrected chi connectivity index (χ4v) is 3.19. The second-order valence-corrected chi connectivity index (χ2v) is 6.76. The Kier molecular flexibility index (Phi) is 4.78. The van der Waals surface area contributed by atoms with E-state index in [4.69, 9.17) is 9.47 Å². The predicted octanol–water partition coefficient (Wildman–Crippen LogP) is 4.24. The van der Waals surface area contributed by atoms with E-state index in [1.54, 1.807) is 0 Å². The zero-order valence-corrected chi connectivity index (χ0v) is 14.8. The Morgan fingerprint density at radius 2 is 1.71 bits per heavy atom. The monoisotopic (exact) mass is 393 g/mol. The number of ether oxygens (including phenoxy) is 3. The van der Waals surface area contributed by atoms with E-state index >= 15 is 0 Å². The van der Waals surface area contributed by atoms with Crippen LogP contribution in [0.25, 0.3) is 0 Å². The molecule has 0 aromatic heterocycles. The molecule has 4 rings (SSSR count). The highest BCUT2D eigenvalue weighted by Crippen LogP contribution is 2.43. The molecule has 1 aliphatic carbocycles. The average Bonchev–Trinajstić information content (AvgIpc) is 3.50. The molecule has 1 saturated carbocycles. The maximum atomic E-state index is 12.6. The third-order valence-corrected chi connectivity index (χ3v) is 4.66. The molecule has 0 saturated heterocycles. The summed E-state index contributed by atoms with van der Waals surface area (Å²) in [7, 11) is 0. The topological polar surface area (TPSA) is 56.8 Å². The SMILES string of the molecule is O=C(NC(c1ccc2c(c1)OCCO2)C1CC1)c1ccc(OC(F)(F)F)cc1. The minimum absolute atomic E-state index is 0.200. The van der Waals surface area contributed by atoms with Crippen LogP contribution < -0.4 is 19.5 Å². The third kappa shape index (κ3) is 4.32. The van der Waals surface area contributed by atoms with Gasteiger partial charge in [0.05, 0.1) is 6.04 Å². The first-order valence-corrected chi connectivity index (χ1v) is 8.95. The molecular weight excluding hydrogens is 375 g/mol. The summed E-state index contributed by atoms with van der Waals surface area (Å²) in [6, 6.07) is 10.3. The quantitative estimate of drug-likeness (QED) is 0.826. The molecule has 0 radical (unpaired) electrons. The zero-order chi connectivity index (χ0) is 19.7. The second kappa shape index (κ2) is 7.26. The number of nitrogens with one attached hydrogen (secondary N) is 1. The molecule has 148 valence electrons. The Hall–Kier alpha value is -2.90. The lowest BCUT2D eigenvalue weighted by Gasteiger charge is -2.23. The van der Waals surface area contributed by atoms with Crippen LogP contribution in [-0.2, 0) is 0 Å². The fraction of sp³-hybridized carbons (Fsp3) is 0.350. The summed E-state index contributed by atoms with van der Waals surface area (Å²) in [4.78, 5) is 12.6. The molecular formula is C20H18F3NO4. The Labute approximate surface area is 159 Å². The molecule has 28 heavy (non-hydrogen) atoms. The van der Waals surface area contributed by atoms with Crippen molar-refractivity contribution in [3.05, 3.63) is 53.6 Å². The summed E-state index contributed by atoms with van der Waals surface area (Å²) in [6.45, 7) is 0.979. The van der Waals surface area contributed by atoms with Crippen molar-refractivity contribution in [1.29, 1.82) is 0 Å². The van der Waals surface area contributed by atoms with Crippen molar-refractivity contribution < 1.29 is 32.2 Å². The smallest absolute Gasteiger partial charge is 0.486 e. The van der Waals surface area contributed by atoms with Gasteiger partial charge in [0.2, 0.25) is 0 Å². The molecule has 2 aromatic rings. The van der Waals surface area contributed by atoms with Crippen LogP contribution in [0.4, 0.5) is 13.2 Å². The van der Waals surface area contributed by atoms with Gasteiger partial charge < -0.3 is 19.5 Å². The molecule has 1 atom stereocenters. The van der Waals surface area contributed by atoms with Crippen LogP contribution in [0.2, 0.25) is 0 Å². The van der Waals surface area contributed by atoms with Gasteiger partial charge in [-0.1, -0.05) is 6.07 Å². The van der Waals surface area contributed by atoms with E-state index in [9.17, 15) is 18.0 Å². The number of carbonyl (C=O) groups excluding carboxylic acids is 1. The molecule has 5 nitrogen and oxygen atoms in total. The van der Waals surface area contributed by atoms with Crippen molar-refractivity contribution in [3.63, 3.8) is 0 Å². The molecule has 8 heteroatoms. The lowest BCUT2D eigenvalue weighted by molar-refractivity contribution is -0.274. The number of hydrogen-bond acceptors (Lipinski definition) is 4. The van der Waals surface area contributed by atoms with Gasteiger partial charge in [-0.25, -0.2) is 0 Å². The fourth-order valence-electron chi connectivity index (χ4n) is 3.19. The van der Waals surface area contributed by atoms with Gasteiger partial charge in [-0.15, -0.1) is 13.2 Å². The minimum atomic E-state index is -4.76. The molecule has 2 aliphatic rings. The van der Waals surface area contributed by atoms with Crippen LogP contribution in [0.3, 0.4) is 0 Å². The molecule has 1 N–H and O–H groups in total. The van der Waals surface area contributed by atoms with Gasteiger partial charge in [0.15, 0.2) is 11.5 Å². The van der Waals surface area contributed by atoms with Crippen molar-refractivity contribution in [3.8, 4) is 17.2 Å². The molecule has 0 spiro atoms. The number of alkyl halides is 3. The van der Waals surface area contributed by atoms with E-state index < -0.39 is 6.36 Å². The zero-order valence-electron chi connectivity index (χ0n) is 14.8. The number of benzene rings is 2. The highest BCUT2D eigenvalue weighted by molar-refractivity contribution is 5.94. The average molecular weight is 393 g/mol. The van der Waals surface area contributed by atoms with Gasteiger partial charge in [0, 0.05) is 5.56 Å². The van der Waals surface area contributed by atoms with Gasteiger partial charge in [-0.3, -0.25) is 4.79 Å². The van der Waals surface area contributed by atoms with Crippen LogP contribution in [-0.4, -0.2) is 25.5 Å². The summed E-state index contributed by atoms with van der Waals surface area (Å²) in [6.07, 6.45) is -2.77. The lowest BCUT2D eigenvalue weighted by atomic mass is 10.0. The molecule has 1 unspecified atom stereocenters. The second-order valence-electron chi connectivity index (χ2n) is 6.76. The van der Waals surface area contributed by atoms with Gasteiger partial charge in [-0.05, 0) is 60.7 Å². The van der Waals surface area contributed by atoms with Crippen LogP contribution in [0, 0.1) is 5.92 Å². The first-order valence-electron chi connectivity index (χ1n) is 8.95. The summed E-state index contributed by atoms with van der Waals surface area (Å²) < 4.78 is 51.7. The standard InChI is InChI=1S/C20H18F3NO4/c21-20(22,23)28-15-6-3-13(4-7-15)19(25)24-18(12-1-2-12)14-5-8-16-17(11-14)27-10-9-26-16/h3-8,11-12,18H,1-2,9-10H2,(H,24,25). The molecule has 1 aliphatic heterocycles. The highest BCUT2D eigenvalue weighted by atomic mass is 19.4. The van der Waals surface area contributed by atoms with E-state index in [1.165, 1.54) is 12.1 Å². The summed E-state index contributed by atoms with van der Waals surface area (Å²) >= 11 is 0. The van der Waals surface area contributed by atoms with Crippen molar-refractivity contribution in [1.82, 2.24) is 5.32 Å². The Morgan fingerprint density at radius 3 is 2.36 bits per heavy atom. The summed E-state index contributed by atoms with van der Waals surface area (Å²) in [5.41, 5.74) is 1.18. The van der Waals surface area contributed by atoms with Gasteiger partial charge in [0.1, 0.15) is 19.0 Å². The highest BCUT2D eigenvalue weighted by Gasteiger charge is 2.34. The molecule has 1 fully saturated rings. The largest absolute Gasteiger partial charge is 0.573 e. The predicted molar refractivity (Wildman–Crippen MR) is 93.5 cm³/mol. The van der Waals surface area contributed by atoms with Crippen LogP contribution in [0.1, 0.15) is 34.8 Å². The maximum absolute atomic E-state index is 12.6. The molecule has 1 heterocycles. The van der Waals surface area contributed by atoms with E-state index in [-0.39, 0.29) is 23.3 Å². The number of fused-ring (bicyclic) bond motifs is 1. The normalized spacial score (nSPS) is 17.0. The van der Waals surface area contributed by atoms with Crippen LogP contribution in [0.5, 0.6) is 17.2 Å². The first kappa shape index (κ1) is 18.5. The van der Waals surface area contributed by atoms with E-state index in [2.05, 4.69) is 10.1 Å². The first-order chi connectivity index (χ1) is 13.4. The van der Waals surface area contributed by atoms with E-state index in [0.717, 1.165) is 30.5 Å². The summed E-state index contributed by atoms with van der Waals surface area (Å²) in [5.74, 6) is 0.924. The van der Waals surface area contributed by atoms with Crippen LogP contribution in [0.15, 0.2) is 42.5 Å². The van der Waals surface area contributed by atoms with Crippen LogP contribution >= 0.6 is 0 Å². The molecule has 2 aromatic carbocycles. The number of hydrogen-bond donors (Lipinski definition) is 1. The van der Waals surface area contributed by atoms with E-state index in [1.807, 2.05) is 18.2 Å². The van der Waals surface area contributed by atoms with Crippen molar-refractivity contribution >= 4 is 5.91 Å². The van der Waals surface area contributed by atoms with Gasteiger partial charge in [-0.2, -0.15) is 0 Å². The minimum Gasteiger partial charge on any atom is -0.486 e. The van der Waals surface area contributed by atoms with Crippen molar-refractivity contribution in [2.75, 3.05) is 13.2 Å². The Balaban J connectivity index is 1.48. The van der Waals surface area contributed by atoms with Gasteiger partial charge in [0.25, 0.3) is 5.91 Å². The maximum Gasteiger partial charge on any atom is 0.573 e. The molecule has 0 bridgehead atoms. The van der Waals surface area contributed by atoms with Gasteiger partial charge >= 0.3 is 6.36 Å². The lowest BCUT2D eigenvalue weighted by Crippen LogP contribution is -2.30. The number of rotatable bonds is 5. The van der Waals surface area contributed by atoms with Crippen molar-refractivity contribution in [2.45, 2.75) is 25.2 Å². The number of carbonyl (C=O) groups is 1. The van der Waals surface area contributed by atoms with E-state index in [0.29, 0.717) is 30.6 Å². The third-order valence-electron chi connectivity index (χ3n) is 4.66. The summed E-state index contributed by atoms with van der Waals surface area (Å²) in [5, 5.41) is 2.99. The molecule has 1 amide bonds. The number of halogens is 3. The Bertz CT molecular complexity index is 863.